The Labute approximate surface area is 153 Å². The van der Waals surface area contributed by atoms with Crippen LogP contribution in [-0.4, -0.2) is 24.9 Å². The number of halogens is 2. The molecule has 0 bridgehead atoms. The summed E-state index contributed by atoms with van der Waals surface area (Å²) in [7, 11) is 0. The summed E-state index contributed by atoms with van der Waals surface area (Å²) >= 11 is 9.40. The van der Waals surface area contributed by atoms with Crippen molar-refractivity contribution in [3.63, 3.8) is 0 Å². The first kappa shape index (κ1) is 17.0. The number of benzene rings is 2. The zero-order valence-corrected chi connectivity index (χ0v) is 15.2. The number of nitrogens with zero attached hydrogens (tertiary/aromatic N) is 1. The van der Waals surface area contributed by atoms with Crippen molar-refractivity contribution >= 4 is 45.0 Å². The van der Waals surface area contributed by atoms with E-state index in [1.165, 1.54) is 0 Å². The minimum Gasteiger partial charge on any atom is -0.352 e. The highest BCUT2D eigenvalue weighted by Gasteiger charge is 2.30. The van der Waals surface area contributed by atoms with Crippen LogP contribution >= 0.6 is 27.5 Å². The predicted octanol–water partition coefficient (Wildman–Crippen LogP) is 3.89. The monoisotopic (exact) mass is 406 g/mol. The van der Waals surface area contributed by atoms with Gasteiger partial charge in [0, 0.05) is 35.6 Å². The molecule has 2 aromatic carbocycles. The number of amides is 2. The number of nitrogens with one attached hydrogen (secondary N) is 1. The van der Waals surface area contributed by atoms with Crippen molar-refractivity contribution < 1.29 is 9.59 Å². The van der Waals surface area contributed by atoms with Gasteiger partial charge in [-0.2, -0.15) is 0 Å². The van der Waals surface area contributed by atoms with Crippen LogP contribution in [-0.2, 0) is 4.79 Å². The fourth-order valence-electron chi connectivity index (χ4n) is 2.78. The van der Waals surface area contributed by atoms with E-state index in [0.717, 1.165) is 10.2 Å². The van der Waals surface area contributed by atoms with Crippen LogP contribution in [0.4, 0.5) is 5.69 Å². The van der Waals surface area contributed by atoms with Crippen LogP contribution in [0.5, 0.6) is 0 Å². The molecular weight excluding hydrogens is 392 g/mol. The molecule has 1 heterocycles. The molecule has 1 aliphatic rings. The van der Waals surface area contributed by atoms with Crippen LogP contribution in [0.15, 0.2) is 53.0 Å². The van der Waals surface area contributed by atoms with E-state index in [0.29, 0.717) is 30.1 Å². The third-order valence-corrected chi connectivity index (χ3v) is 4.82. The number of hydrogen-bond donors (Lipinski definition) is 1. The van der Waals surface area contributed by atoms with E-state index in [4.69, 9.17) is 11.6 Å². The Balaban J connectivity index is 1.61. The molecule has 1 atom stereocenters. The lowest BCUT2D eigenvalue weighted by molar-refractivity contribution is -0.117. The zero-order valence-electron chi connectivity index (χ0n) is 12.8. The van der Waals surface area contributed by atoms with Crippen LogP contribution in [0.25, 0.3) is 0 Å². The van der Waals surface area contributed by atoms with Gasteiger partial charge in [-0.25, -0.2) is 0 Å². The Kier molecular flexibility index (Phi) is 5.21. The second-order valence-corrected chi connectivity index (χ2v) is 7.07. The van der Waals surface area contributed by atoms with Crippen molar-refractivity contribution in [3.05, 3.63) is 63.6 Å². The first-order chi connectivity index (χ1) is 11.5. The Hall–Kier alpha value is -1.85. The lowest BCUT2D eigenvalue weighted by Gasteiger charge is -2.17. The summed E-state index contributed by atoms with van der Waals surface area (Å²) in [4.78, 5) is 26.2. The number of hydrogen-bond acceptors (Lipinski definition) is 2. The minimum absolute atomic E-state index is 0.0842. The molecular formula is C18H16BrClN2O2. The summed E-state index contributed by atoms with van der Waals surface area (Å²) in [5.74, 6) is -0.0552. The molecule has 1 saturated heterocycles. The molecule has 2 aromatic rings. The summed E-state index contributed by atoms with van der Waals surface area (Å²) in [6.07, 6.45) is 0.432. The van der Waals surface area contributed by atoms with Crippen molar-refractivity contribution in [1.29, 1.82) is 0 Å². The third-order valence-electron chi connectivity index (χ3n) is 4.00. The van der Waals surface area contributed by atoms with Crippen LogP contribution in [0.2, 0.25) is 5.02 Å². The SMILES string of the molecule is O=C(NCC1CC(=O)N(c2ccccc2)C1)c1cc(Br)ccc1Cl. The van der Waals surface area contributed by atoms with Crippen molar-refractivity contribution in [2.45, 2.75) is 6.42 Å². The van der Waals surface area contributed by atoms with E-state index in [-0.39, 0.29) is 17.7 Å². The molecule has 1 N–H and O–H groups in total. The lowest BCUT2D eigenvalue weighted by atomic mass is 10.1. The molecule has 124 valence electrons. The summed E-state index contributed by atoms with van der Waals surface area (Å²) in [6.45, 7) is 1.05. The van der Waals surface area contributed by atoms with Gasteiger partial charge in [-0.05, 0) is 30.3 Å². The summed E-state index contributed by atoms with van der Waals surface area (Å²) in [5.41, 5.74) is 1.32. The van der Waals surface area contributed by atoms with E-state index in [9.17, 15) is 9.59 Å². The Bertz CT molecular complexity index is 767. The maximum atomic E-state index is 12.3. The number of carbonyl (C=O) groups is 2. The van der Waals surface area contributed by atoms with Gasteiger partial charge in [0.05, 0.1) is 10.6 Å². The third kappa shape index (κ3) is 3.79. The molecule has 2 amide bonds. The molecule has 1 aliphatic heterocycles. The lowest BCUT2D eigenvalue weighted by Crippen LogP contribution is -2.31. The highest BCUT2D eigenvalue weighted by Crippen LogP contribution is 2.25. The molecule has 0 spiro atoms. The largest absolute Gasteiger partial charge is 0.352 e. The highest BCUT2D eigenvalue weighted by molar-refractivity contribution is 9.10. The fourth-order valence-corrected chi connectivity index (χ4v) is 3.34. The molecule has 1 unspecified atom stereocenters. The van der Waals surface area contributed by atoms with E-state index in [2.05, 4.69) is 21.2 Å². The van der Waals surface area contributed by atoms with Crippen LogP contribution in [0, 0.1) is 5.92 Å². The van der Waals surface area contributed by atoms with Gasteiger partial charge in [0.1, 0.15) is 0 Å². The summed E-state index contributed by atoms with van der Waals surface area (Å²) < 4.78 is 0.795. The van der Waals surface area contributed by atoms with E-state index in [1.807, 2.05) is 30.3 Å². The van der Waals surface area contributed by atoms with Crippen molar-refractivity contribution in [2.24, 2.45) is 5.92 Å². The number of para-hydroxylation sites is 1. The first-order valence-electron chi connectivity index (χ1n) is 7.63. The van der Waals surface area contributed by atoms with Gasteiger partial charge in [0.2, 0.25) is 5.91 Å². The van der Waals surface area contributed by atoms with Gasteiger partial charge < -0.3 is 10.2 Å². The average molecular weight is 408 g/mol. The predicted molar refractivity (Wildman–Crippen MR) is 98.4 cm³/mol. The van der Waals surface area contributed by atoms with Gasteiger partial charge in [0.25, 0.3) is 5.91 Å². The number of carbonyl (C=O) groups excluding carboxylic acids is 2. The second kappa shape index (κ2) is 7.36. The molecule has 6 heteroatoms. The fraction of sp³-hybridized carbons (Fsp3) is 0.222. The molecule has 0 aromatic heterocycles. The normalized spacial score (nSPS) is 17.2. The quantitative estimate of drug-likeness (QED) is 0.836. The Morgan fingerprint density at radius 2 is 2.00 bits per heavy atom. The molecule has 24 heavy (non-hydrogen) atoms. The van der Waals surface area contributed by atoms with Gasteiger partial charge >= 0.3 is 0 Å². The molecule has 0 radical (unpaired) electrons. The van der Waals surface area contributed by atoms with E-state index >= 15 is 0 Å². The maximum Gasteiger partial charge on any atom is 0.252 e. The summed E-state index contributed by atoms with van der Waals surface area (Å²) in [5, 5.41) is 3.28. The van der Waals surface area contributed by atoms with E-state index in [1.54, 1.807) is 23.1 Å². The van der Waals surface area contributed by atoms with Crippen LogP contribution in [0.1, 0.15) is 16.8 Å². The number of rotatable bonds is 4. The van der Waals surface area contributed by atoms with Gasteiger partial charge in [-0.1, -0.05) is 45.7 Å². The molecule has 4 nitrogen and oxygen atoms in total. The van der Waals surface area contributed by atoms with E-state index < -0.39 is 0 Å². The van der Waals surface area contributed by atoms with Gasteiger partial charge in [-0.15, -0.1) is 0 Å². The second-order valence-electron chi connectivity index (χ2n) is 5.74. The first-order valence-corrected chi connectivity index (χ1v) is 8.80. The molecule has 1 fully saturated rings. The zero-order chi connectivity index (χ0) is 17.1. The van der Waals surface area contributed by atoms with Gasteiger partial charge in [0.15, 0.2) is 0 Å². The summed E-state index contributed by atoms with van der Waals surface area (Å²) in [6, 6.07) is 14.7. The minimum atomic E-state index is -0.230. The average Bonchev–Trinajstić information content (AvgIpc) is 2.96. The van der Waals surface area contributed by atoms with Gasteiger partial charge in [-0.3, -0.25) is 9.59 Å². The smallest absolute Gasteiger partial charge is 0.252 e. The molecule has 0 aliphatic carbocycles. The van der Waals surface area contributed by atoms with Crippen molar-refractivity contribution in [3.8, 4) is 0 Å². The topological polar surface area (TPSA) is 49.4 Å². The molecule has 3 rings (SSSR count). The Morgan fingerprint density at radius 3 is 2.75 bits per heavy atom. The molecule has 0 saturated carbocycles. The van der Waals surface area contributed by atoms with Crippen molar-refractivity contribution in [1.82, 2.24) is 5.32 Å². The van der Waals surface area contributed by atoms with Crippen LogP contribution < -0.4 is 10.2 Å². The van der Waals surface area contributed by atoms with Crippen LogP contribution in [0.3, 0.4) is 0 Å². The van der Waals surface area contributed by atoms with Crippen molar-refractivity contribution in [2.75, 3.05) is 18.0 Å². The maximum absolute atomic E-state index is 12.3. The number of anilines is 1. The highest BCUT2D eigenvalue weighted by atomic mass is 79.9. The standard InChI is InChI=1S/C18H16BrClN2O2/c19-13-6-7-16(20)15(9-13)18(24)21-10-12-8-17(23)22(11-12)14-4-2-1-3-5-14/h1-7,9,12H,8,10-11H2,(H,21,24). The Morgan fingerprint density at radius 1 is 1.25 bits per heavy atom.